The Morgan fingerprint density at radius 1 is 1.38 bits per heavy atom. The predicted octanol–water partition coefficient (Wildman–Crippen LogP) is 2.69. The highest BCUT2D eigenvalue weighted by atomic mass is 35.5. The van der Waals surface area contributed by atoms with Crippen LogP contribution in [-0.4, -0.2) is 59.8 Å². The smallest absolute Gasteiger partial charge is 0.252 e. The molecule has 8 nitrogen and oxygen atoms in total. The monoisotopic (exact) mass is 495 g/mol. The highest BCUT2D eigenvalue weighted by Crippen LogP contribution is 2.37. The molecular formula is C23H28ClF2N5O3. The van der Waals surface area contributed by atoms with Crippen LogP contribution < -0.4 is 16.0 Å². The second-order valence-corrected chi connectivity index (χ2v) is 9.15. The van der Waals surface area contributed by atoms with E-state index in [0.717, 1.165) is 0 Å². The van der Waals surface area contributed by atoms with Gasteiger partial charge in [0.25, 0.3) is 5.92 Å². The Balaban J connectivity index is 1.74. The van der Waals surface area contributed by atoms with Crippen molar-refractivity contribution in [1.82, 2.24) is 15.5 Å². The number of anilines is 1. The first-order valence-corrected chi connectivity index (χ1v) is 11.7. The Hall–Kier alpha value is -2.93. The minimum atomic E-state index is -3.13. The van der Waals surface area contributed by atoms with Crippen LogP contribution in [0.15, 0.2) is 24.3 Å². The average molecular weight is 496 g/mol. The number of carbonyl (C=O) groups is 3. The molecule has 1 aromatic carbocycles. The lowest BCUT2D eigenvalue weighted by atomic mass is 9.89. The first-order valence-electron chi connectivity index (χ1n) is 11.3. The van der Waals surface area contributed by atoms with Gasteiger partial charge in [-0.15, -0.1) is 0 Å². The fourth-order valence-corrected chi connectivity index (χ4v) is 4.72. The van der Waals surface area contributed by atoms with Crippen LogP contribution in [0.2, 0.25) is 5.02 Å². The molecule has 2 aliphatic rings. The number of hydrogen-bond acceptors (Lipinski definition) is 5. The summed E-state index contributed by atoms with van der Waals surface area (Å²) in [6.45, 7) is 1.96. The first-order chi connectivity index (χ1) is 16.1. The summed E-state index contributed by atoms with van der Waals surface area (Å²) in [5.74, 6) is -5.09. The number of rotatable bonds is 8. The summed E-state index contributed by atoms with van der Waals surface area (Å²) >= 11 is 5.96. The van der Waals surface area contributed by atoms with Gasteiger partial charge in [-0.1, -0.05) is 24.6 Å². The Labute approximate surface area is 202 Å². The van der Waals surface area contributed by atoms with E-state index in [1.807, 2.05) is 6.07 Å². The van der Waals surface area contributed by atoms with Gasteiger partial charge < -0.3 is 20.9 Å². The number of benzene rings is 1. The molecule has 0 aromatic heterocycles. The van der Waals surface area contributed by atoms with Crippen molar-refractivity contribution < 1.29 is 23.2 Å². The Morgan fingerprint density at radius 3 is 2.76 bits per heavy atom. The van der Waals surface area contributed by atoms with Gasteiger partial charge in [0.2, 0.25) is 17.7 Å². The maximum Gasteiger partial charge on any atom is 0.252 e. The van der Waals surface area contributed by atoms with Crippen LogP contribution in [0.25, 0.3) is 0 Å². The van der Waals surface area contributed by atoms with Crippen LogP contribution in [0.5, 0.6) is 0 Å². The highest BCUT2D eigenvalue weighted by molar-refractivity contribution is 6.30. The molecule has 3 rings (SSSR count). The van der Waals surface area contributed by atoms with Crippen LogP contribution >= 0.6 is 11.6 Å². The molecule has 0 bridgehead atoms. The van der Waals surface area contributed by atoms with Gasteiger partial charge in [0.1, 0.15) is 12.1 Å². The van der Waals surface area contributed by atoms with E-state index in [1.165, 1.54) is 4.90 Å². The van der Waals surface area contributed by atoms with Crippen molar-refractivity contribution in [3.05, 3.63) is 29.3 Å². The molecule has 11 heteroatoms. The fraction of sp³-hybridized carbons (Fsp3) is 0.565. The Bertz CT molecular complexity index is 970. The molecular weight excluding hydrogens is 468 g/mol. The summed E-state index contributed by atoms with van der Waals surface area (Å²) in [6.07, 6.45) is -0.517. The van der Waals surface area contributed by atoms with E-state index in [9.17, 15) is 28.4 Å². The third-order valence-corrected chi connectivity index (χ3v) is 6.48. The maximum atomic E-state index is 14.5. The molecule has 1 aromatic rings. The van der Waals surface area contributed by atoms with Crippen molar-refractivity contribution in [2.45, 2.75) is 63.1 Å². The molecule has 0 aliphatic carbocycles. The molecule has 0 radical (unpaired) electrons. The van der Waals surface area contributed by atoms with Gasteiger partial charge in [0.15, 0.2) is 0 Å². The topological polar surface area (TPSA) is 114 Å². The number of nitriles is 1. The van der Waals surface area contributed by atoms with Crippen molar-refractivity contribution in [1.29, 1.82) is 5.26 Å². The van der Waals surface area contributed by atoms with Crippen LogP contribution in [0.4, 0.5) is 14.5 Å². The lowest BCUT2D eigenvalue weighted by Crippen LogP contribution is -2.62. The van der Waals surface area contributed by atoms with Crippen molar-refractivity contribution in [3.8, 4) is 6.07 Å². The van der Waals surface area contributed by atoms with Crippen molar-refractivity contribution in [2.24, 2.45) is 5.92 Å². The zero-order valence-corrected chi connectivity index (χ0v) is 19.6. The Kier molecular flexibility index (Phi) is 8.31. The third-order valence-electron chi connectivity index (χ3n) is 6.24. The van der Waals surface area contributed by atoms with Crippen molar-refractivity contribution in [2.75, 3.05) is 18.4 Å². The van der Waals surface area contributed by atoms with Gasteiger partial charge in [0.05, 0.1) is 12.6 Å². The maximum absolute atomic E-state index is 14.5. The van der Waals surface area contributed by atoms with E-state index in [0.29, 0.717) is 23.7 Å². The highest BCUT2D eigenvalue weighted by Gasteiger charge is 2.49. The predicted molar refractivity (Wildman–Crippen MR) is 122 cm³/mol. The molecule has 3 amide bonds. The van der Waals surface area contributed by atoms with E-state index in [-0.39, 0.29) is 25.3 Å². The zero-order chi connectivity index (χ0) is 24.9. The van der Waals surface area contributed by atoms with Crippen molar-refractivity contribution >= 4 is 35.0 Å². The van der Waals surface area contributed by atoms with E-state index in [4.69, 9.17) is 11.6 Å². The number of alkyl halides is 2. The van der Waals surface area contributed by atoms with Crippen molar-refractivity contribution in [3.63, 3.8) is 0 Å². The van der Waals surface area contributed by atoms with Gasteiger partial charge >= 0.3 is 0 Å². The SMILES string of the molecule is CC[C@H]1CC(F)(F)C[C@@H](C(=O)N[C@H](C#N)C[C@@H]2CCNC2=O)N1C(=O)CNc1cccc(Cl)c1. The summed E-state index contributed by atoms with van der Waals surface area (Å²) in [7, 11) is 0. The lowest BCUT2D eigenvalue weighted by Gasteiger charge is -2.44. The van der Waals surface area contributed by atoms with Gasteiger partial charge in [-0.25, -0.2) is 8.78 Å². The molecule has 184 valence electrons. The second kappa shape index (κ2) is 11.0. The Morgan fingerprint density at radius 2 is 2.15 bits per heavy atom. The number of halogens is 3. The molecule has 0 saturated carbocycles. The number of piperidine rings is 1. The third kappa shape index (κ3) is 6.35. The molecule has 4 atom stereocenters. The van der Waals surface area contributed by atoms with Crippen LogP contribution in [-0.2, 0) is 14.4 Å². The largest absolute Gasteiger partial charge is 0.376 e. The quantitative estimate of drug-likeness (QED) is 0.513. The number of carbonyl (C=O) groups excluding carboxylic acids is 3. The van der Waals surface area contributed by atoms with Crippen LogP contribution in [0.1, 0.15) is 39.0 Å². The minimum absolute atomic E-state index is 0.0820. The zero-order valence-electron chi connectivity index (χ0n) is 18.8. The summed E-state index contributed by atoms with van der Waals surface area (Å²) in [6, 6.07) is 5.34. The van der Waals surface area contributed by atoms with Crippen LogP contribution in [0, 0.1) is 17.2 Å². The first kappa shape index (κ1) is 25.7. The van der Waals surface area contributed by atoms with Gasteiger partial charge in [-0.2, -0.15) is 5.26 Å². The number of likely N-dealkylation sites (tertiary alicyclic amines) is 1. The molecule has 2 heterocycles. The van der Waals surface area contributed by atoms with E-state index in [1.54, 1.807) is 31.2 Å². The molecule has 2 aliphatic heterocycles. The summed E-state index contributed by atoms with van der Waals surface area (Å²) < 4.78 is 29.0. The molecule has 2 fully saturated rings. The van der Waals surface area contributed by atoms with Gasteiger partial charge in [-0.05, 0) is 37.5 Å². The molecule has 0 unspecified atom stereocenters. The summed E-state index contributed by atoms with van der Waals surface area (Å²) in [5.41, 5.74) is 0.580. The average Bonchev–Trinajstić information content (AvgIpc) is 3.19. The van der Waals surface area contributed by atoms with Gasteiger partial charge in [0, 0.05) is 42.1 Å². The normalized spacial score (nSPS) is 24.6. The summed E-state index contributed by atoms with van der Waals surface area (Å²) in [5, 5.41) is 18.0. The molecule has 34 heavy (non-hydrogen) atoms. The minimum Gasteiger partial charge on any atom is -0.376 e. The number of hydrogen-bond donors (Lipinski definition) is 3. The van der Waals surface area contributed by atoms with Gasteiger partial charge in [-0.3, -0.25) is 14.4 Å². The molecule has 0 spiro atoms. The molecule has 3 N–H and O–H groups in total. The van der Waals surface area contributed by atoms with Crippen LogP contribution in [0.3, 0.4) is 0 Å². The number of nitrogens with one attached hydrogen (secondary N) is 3. The fourth-order valence-electron chi connectivity index (χ4n) is 4.53. The molecule has 2 saturated heterocycles. The van der Waals surface area contributed by atoms with E-state index < -0.39 is 54.6 Å². The summed E-state index contributed by atoms with van der Waals surface area (Å²) in [4.78, 5) is 39.2. The number of amides is 3. The lowest BCUT2D eigenvalue weighted by molar-refractivity contribution is -0.159. The van der Waals surface area contributed by atoms with E-state index >= 15 is 0 Å². The van der Waals surface area contributed by atoms with E-state index in [2.05, 4.69) is 16.0 Å². The number of nitrogens with zero attached hydrogens (tertiary/aromatic N) is 2. The standard InChI is InChI=1S/C23H28ClF2N5O3/c1-2-18-10-23(25,26)11-19(22(34)30-17(12-27)8-14-6-7-28-21(14)33)31(18)20(32)13-29-16-5-3-4-15(24)9-16/h3-5,9,14,17-19,29H,2,6-8,10-11,13H2,1H3,(H,28,33)(H,30,34)/t14-,17-,18-,19-/m0/s1. The second-order valence-electron chi connectivity index (χ2n) is 8.71.